The average Bonchev–Trinajstić information content (AvgIpc) is 3.47. The number of aryl methyl sites for hydroxylation is 1. The SMILES string of the molecule is COc1cc(C(=O)N2C[C@@H](N)[C@@H](F)C2)cc2nc(-c3cc4ccc(N(C(F)F)S(C)(=O)=O)nc4n3CC3CC3)c(C)n12. The van der Waals surface area contributed by atoms with Gasteiger partial charge in [-0.1, -0.05) is 0 Å². The largest absolute Gasteiger partial charge is 0.482 e. The summed E-state index contributed by atoms with van der Waals surface area (Å²) in [4.78, 5) is 23.8. The van der Waals surface area contributed by atoms with Crippen molar-refractivity contribution >= 4 is 38.4 Å². The summed E-state index contributed by atoms with van der Waals surface area (Å²) in [5.74, 6) is -0.0652. The first-order valence-corrected chi connectivity index (χ1v) is 15.3. The van der Waals surface area contributed by atoms with Crippen LogP contribution in [0, 0.1) is 12.8 Å². The van der Waals surface area contributed by atoms with Gasteiger partial charge in [-0.25, -0.2) is 22.8 Å². The number of sulfonamides is 1. The van der Waals surface area contributed by atoms with Crippen LogP contribution < -0.4 is 14.8 Å². The molecule has 1 amide bonds. The number of ether oxygens (including phenoxy) is 1. The van der Waals surface area contributed by atoms with Gasteiger partial charge in [0.15, 0.2) is 5.88 Å². The molecule has 5 heterocycles. The van der Waals surface area contributed by atoms with Crippen LogP contribution in [0.25, 0.3) is 28.1 Å². The van der Waals surface area contributed by atoms with Crippen molar-refractivity contribution in [3.8, 4) is 17.3 Å². The van der Waals surface area contributed by atoms with E-state index in [1.54, 1.807) is 22.6 Å². The second kappa shape index (κ2) is 10.2. The summed E-state index contributed by atoms with van der Waals surface area (Å²) < 4.78 is 75.1. The fraction of sp³-hybridized carbons (Fsp3) is 0.444. The quantitative estimate of drug-likeness (QED) is 0.306. The van der Waals surface area contributed by atoms with Crippen LogP contribution in [0.5, 0.6) is 5.88 Å². The first-order chi connectivity index (χ1) is 19.9. The molecule has 42 heavy (non-hydrogen) atoms. The first kappa shape index (κ1) is 28.3. The van der Waals surface area contributed by atoms with Gasteiger partial charge in [-0.05, 0) is 49.9 Å². The number of imidazole rings is 1. The Kier molecular flexibility index (Phi) is 6.84. The number of hydrogen-bond donors (Lipinski definition) is 1. The van der Waals surface area contributed by atoms with Crippen LogP contribution in [-0.4, -0.2) is 83.4 Å². The number of pyridine rings is 2. The Morgan fingerprint density at radius 3 is 2.52 bits per heavy atom. The van der Waals surface area contributed by atoms with Gasteiger partial charge in [0.25, 0.3) is 5.91 Å². The van der Waals surface area contributed by atoms with E-state index in [1.807, 2.05) is 17.6 Å². The Bertz CT molecular complexity index is 1810. The second-order valence-electron chi connectivity index (χ2n) is 10.9. The molecular formula is C27H30F3N7O4S. The molecule has 0 aromatic carbocycles. The van der Waals surface area contributed by atoms with Crippen LogP contribution in [0.2, 0.25) is 0 Å². The van der Waals surface area contributed by atoms with Crippen LogP contribution in [0.3, 0.4) is 0 Å². The smallest absolute Gasteiger partial charge is 0.329 e. The highest BCUT2D eigenvalue weighted by atomic mass is 32.2. The third-order valence-corrected chi connectivity index (χ3v) is 8.88. The molecule has 15 heteroatoms. The molecule has 4 aromatic rings. The lowest BCUT2D eigenvalue weighted by Crippen LogP contribution is -2.35. The Labute approximate surface area is 239 Å². The lowest BCUT2D eigenvalue weighted by Gasteiger charge is -2.20. The summed E-state index contributed by atoms with van der Waals surface area (Å²) in [6, 6.07) is 7.09. The van der Waals surface area contributed by atoms with Crippen molar-refractivity contribution in [2.75, 3.05) is 30.8 Å². The number of fused-ring (bicyclic) bond motifs is 2. The summed E-state index contributed by atoms with van der Waals surface area (Å²) in [6.45, 7) is -0.910. The van der Waals surface area contributed by atoms with Gasteiger partial charge in [0.05, 0.1) is 37.3 Å². The van der Waals surface area contributed by atoms with Gasteiger partial charge in [-0.15, -0.1) is 0 Å². The maximum Gasteiger partial charge on any atom is 0.329 e. The van der Waals surface area contributed by atoms with E-state index in [2.05, 4.69) is 4.98 Å². The van der Waals surface area contributed by atoms with Gasteiger partial charge in [-0.2, -0.15) is 13.1 Å². The molecule has 6 rings (SSSR count). The monoisotopic (exact) mass is 605 g/mol. The van der Waals surface area contributed by atoms with Gasteiger partial charge < -0.3 is 19.9 Å². The second-order valence-corrected chi connectivity index (χ2v) is 12.8. The lowest BCUT2D eigenvalue weighted by atomic mass is 10.2. The molecular weight excluding hydrogens is 575 g/mol. The van der Waals surface area contributed by atoms with Crippen LogP contribution >= 0.6 is 0 Å². The molecule has 1 aliphatic carbocycles. The fourth-order valence-corrected chi connectivity index (χ4v) is 6.26. The maximum absolute atomic E-state index is 14.0. The molecule has 2 N–H and O–H groups in total. The third kappa shape index (κ3) is 4.83. The standard InChI is InChI=1S/C27H30F3N7O4S/c1-14-24(32-22-9-17(10-23(41-2)36(14)22)26(38)34-12-18(28)19(31)13-34)20-8-16-6-7-21(37(27(29)30)42(3,39)40)33-25(16)35(20)11-15-4-5-15/h6-10,15,18-19,27H,4-5,11-13,31H2,1-3H3/t18-,19+/m0/s1. The average molecular weight is 606 g/mol. The van der Waals surface area contributed by atoms with Crippen molar-refractivity contribution in [2.45, 2.75) is 45.1 Å². The number of nitrogens with two attached hydrogens (primary N) is 1. The Morgan fingerprint density at radius 2 is 1.93 bits per heavy atom. The van der Waals surface area contributed by atoms with Crippen molar-refractivity contribution in [1.82, 2.24) is 23.8 Å². The van der Waals surface area contributed by atoms with Gasteiger partial charge in [0.1, 0.15) is 29.0 Å². The van der Waals surface area contributed by atoms with Gasteiger partial charge in [0.2, 0.25) is 10.0 Å². The molecule has 0 bridgehead atoms. The highest BCUT2D eigenvalue weighted by molar-refractivity contribution is 7.92. The van der Waals surface area contributed by atoms with Crippen LogP contribution in [-0.2, 0) is 16.6 Å². The maximum atomic E-state index is 14.0. The number of rotatable bonds is 8. The van der Waals surface area contributed by atoms with Crippen LogP contribution in [0.4, 0.5) is 19.0 Å². The Morgan fingerprint density at radius 1 is 1.19 bits per heavy atom. The van der Waals surface area contributed by atoms with E-state index in [0.717, 1.165) is 12.8 Å². The fourth-order valence-electron chi connectivity index (χ4n) is 5.52. The number of amides is 1. The normalized spacial score (nSPS) is 19.4. The van der Waals surface area contributed by atoms with Gasteiger partial charge in [-0.3, -0.25) is 9.20 Å². The number of anilines is 1. The topological polar surface area (TPSA) is 128 Å². The van der Waals surface area contributed by atoms with Gasteiger partial charge >= 0.3 is 6.55 Å². The van der Waals surface area contributed by atoms with E-state index in [9.17, 15) is 26.4 Å². The molecule has 0 unspecified atom stereocenters. The predicted molar refractivity (Wildman–Crippen MR) is 150 cm³/mol. The van der Waals surface area contributed by atoms with Crippen molar-refractivity contribution in [3.63, 3.8) is 0 Å². The van der Waals surface area contributed by atoms with E-state index in [-0.39, 0.29) is 34.7 Å². The zero-order chi connectivity index (χ0) is 30.1. The number of likely N-dealkylation sites (tertiary alicyclic amines) is 1. The minimum absolute atomic E-state index is 0.00148. The molecule has 2 atom stereocenters. The number of carbonyl (C=O) groups excluding carboxylic acids is 1. The van der Waals surface area contributed by atoms with Crippen LogP contribution in [0.15, 0.2) is 30.3 Å². The molecule has 2 fully saturated rings. The molecule has 4 aromatic heterocycles. The van der Waals surface area contributed by atoms with Crippen LogP contribution in [0.1, 0.15) is 28.9 Å². The molecule has 0 spiro atoms. The zero-order valence-electron chi connectivity index (χ0n) is 23.2. The zero-order valence-corrected chi connectivity index (χ0v) is 24.0. The van der Waals surface area contributed by atoms with E-state index in [0.29, 0.717) is 58.4 Å². The molecule has 224 valence electrons. The van der Waals surface area contributed by atoms with E-state index in [1.165, 1.54) is 18.1 Å². The molecule has 1 aliphatic heterocycles. The minimum atomic E-state index is -4.29. The number of aromatic nitrogens is 4. The predicted octanol–water partition coefficient (Wildman–Crippen LogP) is 3.19. The number of nitrogens with zero attached hydrogens (tertiary/aromatic N) is 6. The van der Waals surface area contributed by atoms with E-state index >= 15 is 0 Å². The summed E-state index contributed by atoms with van der Waals surface area (Å²) >= 11 is 0. The third-order valence-electron chi connectivity index (χ3n) is 7.82. The molecule has 1 saturated carbocycles. The van der Waals surface area contributed by atoms with E-state index in [4.69, 9.17) is 15.5 Å². The summed E-state index contributed by atoms with van der Waals surface area (Å²) in [6.07, 6.45) is 1.40. The highest BCUT2D eigenvalue weighted by Crippen LogP contribution is 2.38. The first-order valence-electron chi connectivity index (χ1n) is 13.4. The molecule has 2 aliphatic rings. The molecule has 0 radical (unpaired) electrons. The Hall–Kier alpha value is -3.85. The number of carbonyl (C=O) groups is 1. The summed E-state index contributed by atoms with van der Waals surface area (Å²) in [5, 5.41) is 0.627. The molecule has 11 nitrogen and oxygen atoms in total. The number of hydrogen-bond acceptors (Lipinski definition) is 7. The Balaban J connectivity index is 1.49. The summed E-state index contributed by atoms with van der Waals surface area (Å²) in [7, 11) is -2.82. The van der Waals surface area contributed by atoms with Crippen molar-refractivity contribution in [1.29, 1.82) is 0 Å². The number of halogens is 3. The van der Waals surface area contributed by atoms with Crippen molar-refractivity contribution in [2.24, 2.45) is 11.7 Å². The summed E-state index contributed by atoms with van der Waals surface area (Å²) in [5.41, 5.74) is 8.73. The lowest BCUT2D eigenvalue weighted by molar-refractivity contribution is 0.0781. The molecule has 1 saturated heterocycles. The highest BCUT2D eigenvalue weighted by Gasteiger charge is 2.34. The minimum Gasteiger partial charge on any atom is -0.482 e. The van der Waals surface area contributed by atoms with Crippen molar-refractivity contribution in [3.05, 3.63) is 41.6 Å². The van der Waals surface area contributed by atoms with Gasteiger partial charge in [0, 0.05) is 30.1 Å². The van der Waals surface area contributed by atoms with Crippen molar-refractivity contribution < 1.29 is 31.1 Å². The van der Waals surface area contributed by atoms with E-state index < -0.39 is 28.8 Å². The number of methoxy groups -OCH3 is 1. The number of alkyl halides is 3.